The first-order valence-corrected chi connectivity index (χ1v) is 7.65. The van der Waals surface area contributed by atoms with Crippen LogP contribution in [0.4, 0.5) is 4.39 Å². The molecule has 1 unspecified atom stereocenters. The second-order valence-electron chi connectivity index (χ2n) is 5.45. The summed E-state index contributed by atoms with van der Waals surface area (Å²) in [7, 11) is 0. The Hall–Kier alpha value is -0.930. The van der Waals surface area contributed by atoms with Gasteiger partial charge < -0.3 is 5.11 Å². The zero-order chi connectivity index (χ0) is 15.3. The number of halogens is 1. The molecule has 0 aliphatic carbocycles. The number of rotatable bonds is 7. The first-order valence-electron chi connectivity index (χ1n) is 7.65. The van der Waals surface area contributed by atoms with Gasteiger partial charge in [0.2, 0.25) is 0 Å². The van der Waals surface area contributed by atoms with E-state index < -0.39 is 6.10 Å². The lowest BCUT2D eigenvalue weighted by atomic mass is 9.80. The van der Waals surface area contributed by atoms with Gasteiger partial charge in [-0.2, -0.15) is 0 Å². The van der Waals surface area contributed by atoms with Gasteiger partial charge in [0.15, 0.2) is 0 Å². The lowest BCUT2D eigenvalue weighted by Gasteiger charge is -2.46. The van der Waals surface area contributed by atoms with Gasteiger partial charge in [-0.3, -0.25) is 4.90 Å². The molecule has 1 atom stereocenters. The summed E-state index contributed by atoms with van der Waals surface area (Å²) in [5, 5.41) is 10.9. The second-order valence-corrected chi connectivity index (χ2v) is 5.45. The third-order valence-corrected chi connectivity index (χ3v) is 4.51. The first kappa shape index (κ1) is 17.1. The number of aliphatic hydroxyl groups is 1. The highest BCUT2D eigenvalue weighted by atomic mass is 19.1. The Morgan fingerprint density at radius 3 is 2.05 bits per heavy atom. The minimum absolute atomic E-state index is 0.278. The third kappa shape index (κ3) is 3.21. The topological polar surface area (TPSA) is 23.5 Å². The van der Waals surface area contributed by atoms with Crippen LogP contribution < -0.4 is 0 Å². The number of aryl methyl sites for hydroxylation is 1. The van der Waals surface area contributed by atoms with Gasteiger partial charge in [0.1, 0.15) is 5.82 Å². The lowest BCUT2D eigenvalue weighted by Crippen LogP contribution is -2.52. The molecule has 20 heavy (non-hydrogen) atoms. The van der Waals surface area contributed by atoms with Crippen molar-refractivity contribution in [1.29, 1.82) is 0 Å². The van der Waals surface area contributed by atoms with Gasteiger partial charge in [-0.1, -0.05) is 33.8 Å². The minimum Gasteiger partial charge on any atom is -0.386 e. The summed E-state index contributed by atoms with van der Waals surface area (Å²) in [6, 6.07) is 4.84. The fourth-order valence-corrected chi connectivity index (χ4v) is 3.34. The van der Waals surface area contributed by atoms with Crippen molar-refractivity contribution in [3.8, 4) is 0 Å². The van der Waals surface area contributed by atoms with Crippen LogP contribution in [0.2, 0.25) is 0 Å². The van der Waals surface area contributed by atoms with Crippen LogP contribution in [-0.4, -0.2) is 28.6 Å². The van der Waals surface area contributed by atoms with E-state index in [0.29, 0.717) is 5.56 Å². The molecule has 0 saturated heterocycles. The van der Waals surface area contributed by atoms with Crippen molar-refractivity contribution in [2.45, 2.75) is 59.1 Å². The summed E-state index contributed by atoms with van der Waals surface area (Å²) in [5.41, 5.74) is 1.20. The van der Waals surface area contributed by atoms with Crippen LogP contribution in [0.1, 0.15) is 57.8 Å². The molecule has 114 valence electrons. The summed E-state index contributed by atoms with van der Waals surface area (Å²) in [5.74, 6) is -0.278. The van der Waals surface area contributed by atoms with Gasteiger partial charge in [0, 0.05) is 0 Å². The molecule has 1 aromatic carbocycles. The molecule has 1 aromatic rings. The monoisotopic (exact) mass is 281 g/mol. The van der Waals surface area contributed by atoms with E-state index in [1.54, 1.807) is 0 Å². The Morgan fingerprint density at radius 1 is 1.10 bits per heavy atom. The van der Waals surface area contributed by atoms with Crippen LogP contribution in [0, 0.1) is 12.7 Å². The van der Waals surface area contributed by atoms with Crippen molar-refractivity contribution in [2.75, 3.05) is 13.1 Å². The van der Waals surface area contributed by atoms with Gasteiger partial charge in [0.25, 0.3) is 0 Å². The average Bonchev–Trinajstić information content (AvgIpc) is 2.43. The predicted octanol–water partition coefficient (Wildman–Crippen LogP) is 4.07. The second kappa shape index (κ2) is 7.19. The number of hydrogen-bond donors (Lipinski definition) is 1. The molecule has 0 aromatic heterocycles. The average molecular weight is 281 g/mol. The maximum absolute atomic E-state index is 13.6. The summed E-state index contributed by atoms with van der Waals surface area (Å²) in [6.45, 7) is 12.0. The molecule has 2 nitrogen and oxygen atoms in total. The van der Waals surface area contributed by atoms with E-state index in [-0.39, 0.29) is 11.4 Å². The van der Waals surface area contributed by atoms with Gasteiger partial charge in [-0.25, -0.2) is 4.39 Å². The van der Waals surface area contributed by atoms with Crippen LogP contribution in [-0.2, 0) is 0 Å². The van der Waals surface area contributed by atoms with E-state index in [4.69, 9.17) is 0 Å². The van der Waals surface area contributed by atoms with E-state index >= 15 is 0 Å². The lowest BCUT2D eigenvalue weighted by molar-refractivity contribution is -0.0367. The van der Waals surface area contributed by atoms with Crippen molar-refractivity contribution in [2.24, 2.45) is 0 Å². The normalized spacial score (nSPS) is 13.8. The molecule has 0 radical (unpaired) electrons. The van der Waals surface area contributed by atoms with Crippen molar-refractivity contribution in [3.05, 3.63) is 35.1 Å². The molecule has 3 heteroatoms. The highest BCUT2D eigenvalue weighted by Crippen LogP contribution is 2.37. The van der Waals surface area contributed by atoms with E-state index in [1.165, 1.54) is 12.1 Å². The fourth-order valence-electron chi connectivity index (χ4n) is 3.34. The molecule has 0 aliphatic rings. The standard InChI is InChI=1S/C17H28FNO/c1-6-17(7-2,19(8-3)9-4)16(20)14-10-13(5)11-15(18)12-14/h10-12,16,20H,6-9H2,1-5H3. The smallest absolute Gasteiger partial charge is 0.123 e. The third-order valence-electron chi connectivity index (χ3n) is 4.51. The summed E-state index contributed by atoms with van der Waals surface area (Å²) >= 11 is 0. The number of hydrogen-bond acceptors (Lipinski definition) is 2. The van der Waals surface area contributed by atoms with Crippen molar-refractivity contribution < 1.29 is 9.50 Å². The summed E-state index contributed by atoms with van der Waals surface area (Å²) < 4.78 is 13.6. The van der Waals surface area contributed by atoms with Crippen LogP contribution in [0.5, 0.6) is 0 Å². The largest absolute Gasteiger partial charge is 0.386 e. The van der Waals surface area contributed by atoms with Crippen LogP contribution in [0.15, 0.2) is 18.2 Å². The van der Waals surface area contributed by atoms with Gasteiger partial charge >= 0.3 is 0 Å². The van der Waals surface area contributed by atoms with Crippen molar-refractivity contribution >= 4 is 0 Å². The molecule has 1 N–H and O–H groups in total. The molecule has 0 heterocycles. The van der Waals surface area contributed by atoms with Gasteiger partial charge in [-0.05, 0) is 56.1 Å². The van der Waals surface area contributed by atoms with Crippen molar-refractivity contribution in [1.82, 2.24) is 4.90 Å². The zero-order valence-corrected chi connectivity index (χ0v) is 13.4. The maximum atomic E-state index is 13.6. The van der Waals surface area contributed by atoms with E-state index in [1.807, 2.05) is 13.0 Å². The number of nitrogens with zero attached hydrogens (tertiary/aromatic N) is 1. The Labute approximate surface area is 122 Å². The number of benzene rings is 1. The fraction of sp³-hybridized carbons (Fsp3) is 0.647. The van der Waals surface area contributed by atoms with Crippen LogP contribution in [0.3, 0.4) is 0 Å². The zero-order valence-electron chi connectivity index (χ0n) is 13.4. The van der Waals surface area contributed by atoms with Gasteiger partial charge in [0.05, 0.1) is 11.6 Å². The van der Waals surface area contributed by atoms with E-state index in [9.17, 15) is 9.50 Å². The minimum atomic E-state index is -0.674. The SMILES string of the molecule is CCN(CC)C(CC)(CC)C(O)c1cc(C)cc(F)c1. The highest BCUT2D eigenvalue weighted by Gasteiger charge is 2.39. The molecule has 0 amide bonds. The molecule has 0 bridgehead atoms. The number of likely N-dealkylation sites (N-methyl/N-ethyl adjacent to an activating group) is 1. The number of aliphatic hydroxyl groups excluding tert-OH is 1. The Morgan fingerprint density at radius 2 is 1.65 bits per heavy atom. The molecule has 1 rings (SSSR count). The molecular weight excluding hydrogens is 253 g/mol. The molecule has 0 fully saturated rings. The molecular formula is C17H28FNO. The predicted molar refractivity (Wildman–Crippen MR) is 82.3 cm³/mol. The Kier molecular flexibility index (Phi) is 6.15. The van der Waals surface area contributed by atoms with E-state index in [2.05, 4.69) is 32.6 Å². The van der Waals surface area contributed by atoms with Crippen molar-refractivity contribution in [3.63, 3.8) is 0 Å². The van der Waals surface area contributed by atoms with Crippen LogP contribution >= 0.6 is 0 Å². The first-order chi connectivity index (χ1) is 9.44. The molecule has 0 aliphatic heterocycles. The molecule has 0 spiro atoms. The summed E-state index contributed by atoms with van der Waals surface area (Å²) in [4.78, 5) is 2.29. The van der Waals surface area contributed by atoms with Gasteiger partial charge in [-0.15, -0.1) is 0 Å². The Bertz CT molecular complexity index is 405. The quantitative estimate of drug-likeness (QED) is 0.814. The van der Waals surface area contributed by atoms with E-state index in [0.717, 1.165) is 31.5 Å². The Balaban J connectivity index is 3.26. The highest BCUT2D eigenvalue weighted by molar-refractivity contribution is 5.27. The summed E-state index contributed by atoms with van der Waals surface area (Å²) in [6.07, 6.45) is 0.996. The van der Waals surface area contributed by atoms with Crippen LogP contribution in [0.25, 0.3) is 0 Å². The molecule has 0 saturated carbocycles. The maximum Gasteiger partial charge on any atom is 0.123 e.